The van der Waals surface area contributed by atoms with Crippen molar-refractivity contribution in [2.75, 3.05) is 0 Å². The Morgan fingerprint density at radius 1 is 1.56 bits per heavy atom. The summed E-state index contributed by atoms with van der Waals surface area (Å²) in [5, 5.41) is 9.16. The average Bonchev–Trinajstić information content (AvgIpc) is 1.63. The predicted octanol–water partition coefficient (Wildman–Crippen LogP) is 1.88. The minimum absolute atomic E-state index is 0.587. The normalized spacial score (nSPS) is 10.2. The van der Waals surface area contributed by atoms with Crippen molar-refractivity contribution in [3.8, 4) is 0 Å². The molecule has 1 nitrogen and oxygen atoms in total. The molecule has 0 radical (unpaired) electrons. The summed E-state index contributed by atoms with van der Waals surface area (Å²) in [6.07, 6.45) is 4.32. The fraction of sp³-hybridized carbons (Fsp3) is 0.625. The van der Waals surface area contributed by atoms with E-state index in [-0.39, 0.29) is 0 Å². The summed E-state index contributed by atoms with van der Waals surface area (Å²) in [7, 11) is 0. The van der Waals surface area contributed by atoms with Crippen LogP contribution in [0.4, 0.5) is 0 Å². The van der Waals surface area contributed by atoms with Gasteiger partial charge in [0.25, 0.3) is 0 Å². The zero-order chi connectivity index (χ0) is 7.33. The molecule has 0 rings (SSSR count). The Morgan fingerprint density at radius 2 is 2.11 bits per heavy atom. The van der Waals surface area contributed by atoms with Crippen LogP contribution in [0.3, 0.4) is 0 Å². The SMILES string of the molecule is CC=C=CCC(C)(C)O. The summed E-state index contributed by atoms with van der Waals surface area (Å²) in [6.45, 7) is 5.46. The smallest absolute Gasteiger partial charge is 0.0632 e. The van der Waals surface area contributed by atoms with Crippen LogP contribution in [0.1, 0.15) is 27.2 Å². The van der Waals surface area contributed by atoms with Crippen molar-refractivity contribution in [3.05, 3.63) is 17.9 Å². The van der Waals surface area contributed by atoms with Crippen molar-refractivity contribution in [3.63, 3.8) is 0 Å². The topological polar surface area (TPSA) is 20.2 Å². The summed E-state index contributed by atoms with van der Waals surface area (Å²) in [6, 6.07) is 0. The molecule has 0 aliphatic rings. The van der Waals surface area contributed by atoms with E-state index in [4.69, 9.17) is 5.11 Å². The molecule has 1 N–H and O–H groups in total. The van der Waals surface area contributed by atoms with Gasteiger partial charge in [-0.15, -0.1) is 5.73 Å². The van der Waals surface area contributed by atoms with Crippen molar-refractivity contribution < 1.29 is 5.11 Å². The molecular weight excluding hydrogens is 112 g/mol. The highest BCUT2D eigenvalue weighted by Gasteiger charge is 2.07. The number of hydrogen-bond donors (Lipinski definition) is 1. The molecule has 0 atom stereocenters. The van der Waals surface area contributed by atoms with Crippen molar-refractivity contribution in [2.24, 2.45) is 0 Å². The lowest BCUT2D eigenvalue weighted by Gasteiger charge is -2.12. The molecule has 0 saturated carbocycles. The first-order chi connectivity index (χ1) is 4.06. The minimum atomic E-state index is -0.587. The second-order valence-electron chi connectivity index (χ2n) is 2.68. The molecule has 0 saturated heterocycles. The predicted molar refractivity (Wildman–Crippen MR) is 39.2 cm³/mol. The van der Waals surface area contributed by atoms with E-state index in [9.17, 15) is 0 Å². The van der Waals surface area contributed by atoms with Crippen LogP contribution in [-0.4, -0.2) is 10.7 Å². The molecule has 0 spiro atoms. The summed E-state index contributed by atoms with van der Waals surface area (Å²) < 4.78 is 0. The van der Waals surface area contributed by atoms with E-state index in [1.807, 2.05) is 19.1 Å². The van der Waals surface area contributed by atoms with E-state index in [1.165, 1.54) is 0 Å². The van der Waals surface area contributed by atoms with Crippen molar-refractivity contribution in [2.45, 2.75) is 32.8 Å². The lowest BCUT2D eigenvalue weighted by molar-refractivity contribution is 0.0839. The molecule has 0 fully saturated rings. The van der Waals surface area contributed by atoms with E-state index in [2.05, 4.69) is 5.73 Å². The van der Waals surface area contributed by atoms with Crippen LogP contribution in [0, 0.1) is 0 Å². The molecule has 0 aromatic rings. The third kappa shape index (κ3) is 7.48. The Labute approximate surface area is 56.7 Å². The van der Waals surface area contributed by atoms with Gasteiger partial charge in [-0.3, -0.25) is 0 Å². The van der Waals surface area contributed by atoms with Gasteiger partial charge in [0, 0.05) is 6.42 Å². The molecule has 0 bridgehead atoms. The number of rotatable bonds is 2. The van der Waals surface area contributed by atoms with Gasteiger partial charge in [0.1, 0.15) is 0 Å². The lowest BCUT2D eigenvalue weighted by atomic mass is 10.1. The average molecular weight is 126 g/mol. The molecular formula is C8H14O. The lowest BCUT2D eigenvalue weighted by Crippen LogP contribution is -2.16. The first-order valence-electron chi connectivity index (χ1n) is 3.14. The Morgan fingerprint density at radius 3 is 2.44 bits per heavy atom. The van der Waals surface area contributed by atoms with Crippen molar-refractivity contribution >= 4 is 0 Å². The fourth-order valence-corrected chi connectivity index (χ4v) is 0.427. The zero-order valence-electron chi connectivity index (χ0n) is 6.31. The molecule has 0 aliphatic heterocycles. The zero-order valence-corrected chi connectivity index (χ0v) is 6.31. The van der Waals surface area contributed by atoms with E-state index in [0.717, 1.165) is 0 Å². The summed E-state index contributed by atoms with van der Waals surface area (Å²) in [5.74, 6) is 0. The van der Waals surface area contributed by atoms with Gasteiger partial charge in [0.15, 0.2) is 0 Å². The van der Waals surface area contributed by atoms with Crippen LogP contribution >= 0.6 is 0 Å². The molecule has 0 aliphatic carbocycles. The van der Waals surface area contributed by atoms with Gasteiger partial charge in [0.05, 0.1) is 5.60 Å². The maximum atomic E-state index is 9.16. The molecule has 0 unspecified atom stereocenters. The highest BCUT2D eigenvalue weighted by atomic mass is 16.3. The van der Waals surface area contributed by atoms with E-state index in [1.54, 1.807) is 13.8 Å². The Hall–Kier alpha value is -0.520. The van der Waals surface area contributed by atoms with Gasteiger partial charge < -0.3 is 5.11 Å². The molecule has 0 heterocycles. The van der Waals surface area contributed by atoms with Crippen LogP contribution < -0.4 is 0 Å². The molecule has 0 aromatic carbocycles. The van der Waals surface area contributed by atoms with Gasteiger partial charge in [0.2, 0.25) is 0 Å². The van der Waals surface area contributed by atoms with Crippen LogP contribution in [0.5, 0.6) is 0 Å². The fourth-order valence-electron chi connectivity index (χ4n) is 0.427. The quantitative estimate of drug-likeness (QED) is 0.560. The monoisotopic (exact) mass is 126 g/mol. The molecule has 9 heavy (non-hydrogen) atoms. The van der Waals surface area contributed by atoms with E-state index in [0.29, 0.717) is 6.42 Å². The number of hydrogen-bond acceptors (Lipinski definition) is 1. The number of aliphatic hydroxyl groups is 1. The maximum Gasteiger partial charge on any atom is 0.0632 e. The van der Waals surface area contributed by atoms with Gasteiger partial charge in [-0.05, 0) is 32.9 Å². The summed E-state index contributed by atoms with van der Waals surface area (Å²) >= 11 is 0. The van der Waals surface area contributed by atoms with Crippen molar-refractivity contribution in [1.82, 2.24) is 0 Å². The second-order valence-corrected chi connectivity index (χ2v) is 2.68. The standard InChI is InChI=1S/C8H14O/c1-4-5-6-7-8(2,3)9/h4,6,9H,7H2,1-3H3. The first-order valence-corrected chi connectivity index (χ1v) is 3.14. The Kier molecular flexibility index (Phi) is 3.29. The molecule has 52 valence electrons. The second kappa shape index (κ2) is 3.49. The van der Waals surface area contributed by atoms with Crippen LogP contribution in [0.2, 0.25) is 0 Å². The first kappa shape index (κ1) is 8.48. The Bertz CT molecular complexity index is 122. The van der Waals surface area contributed by atoms with Gasteiger partial charge >= 0.3 is 0 Å². The molecule has 0 amide bonds. The summed E-state index contributed by atoms with van der Waals surface area (Å²) in [5.41, 5.74) is 2.31. The third-order valence-corrected chi connectivity index (χ3v) is 0.886. The third-order valence-electron chi connectivity index (χ3n) is 0.886. The van der Waals surface area contributed by atoms with Crippen LogP contribution in [0.25, 0.3) is 0 Å². The van der Waals surface area contributed by atoms with Gasteiger partial charge in [-0.25, -0.2) is 0 Å². The molecule has 1 heteroatoms. The van der Waals surface area contributed by atoms with Gasteiger partial charge in [-0.1, -0.05) is 0 Å². The van der Waals surface area contributed by atoms with Gasteiger partial charge in [-0.2, -0.15) is 0 Å². The largest absolute Gasteiger partial charge is 0.390 e. The summed E-state index contributed by atoms with van der Waals surface area (Å²) in [4.78, 5) is 0. The van der Waals surface area contributed by atoms with E-state index >= 15 is 0 Å². The molecule has 0 aromatic heterocycles. The maximum absolute atomic E-state index is 9.16. The highest BCUT2D eigenvalue weighted by molar-refractivity contribution is 4.86. The Balaban J connectivity index is 3.64. The van der Waals surface area contributed by atoms with E-state index < -0.39 is 5.60 Å². The minimum Gasteiger partial charge on any atom is -0.390 e. The van der Waals surface area contributed by atoms with Crippen LogP contribution in [0.15, 0.2) is 17.9 Å². The van der Waals surface area contributed by atoms with Crippen LogP contribution in [-0.2, 0) is 0 Å². The highest BCUT2D eigenvalue weighted by Crippen LogP contribution is 2.06. The van der Waals surface area contributed by atoms with Crippen molar-refractivity contribution in [1.29, 1.82) is 0 Å².